The summed E-state index contributed by atoms with van der Waals surface area (Å²) in [7, 11) is 1.44. The van der Waals surface area contributed by atoms with Crippen LogP contribution in [-0.2, 0) is 9.53 Å². The average Bonchev–Trinajstić information content (AvgIpc) is 3.02. The molecule has 0 radical (unpaired) electrons. The van der Waals surface area contributed by atoms with Gasteiger partial charge in [0, 0.05) is 11.1 Å². The Bertz CT molecular complexity index is 652. The van der Waals surface area contributed by atoms with Crippen molar-refractivity contribution in [3.05, 3.63) is 11.4 Å². The van der Waals surface area contributed by atoms with Crippen molar-refractivity contribution in [2.75, 3.05) is 18.6 Å². The number of fused-ring (bicyclic) bond motifs is 1. The highest BCUT2D eigenvalue weighted by molar-refractivity contribution is 7.99. The van der Waals surface area contributed by atoms with Gasteiger partial charge >= 0.3 is 5.97 Å². The van der Waals surface area contributed by atoms with Crippen LogP contribution in [0.15, 0.2) is 16.5 Å². The molecule has 3 rings (SSSR count). The van der Waals surface area contributed by atoms with Crippen LogP contribution in [-0.4, -0.2) is 28.8 Å². The normalized spacial score (nSPS) is 16.2. The fourth-order valence-corrected chi connectivity index (χ4v) is 4.25. The second-order valence-electron chi connectivity index (χ2n) is 5.07. The van der Waals surface area contributed by atoms with Gasteiger partial charge in [0.25, 0.3) is 0 Å². The molecule has 7 heteroatoms. The molecule has 1 aliphatic rings. The number of anilines is 1. The van der Waals surface area contributed by atoms with Crippen LogP contribution in [0.4, 0.5) is 5.95 Å². The van der Waals surface area contributed by atoms with Gasteiger partial charge < -0.3 is 10.5 Å². The number of nitrogens with two attached hydrogens (primary N) is 1. The number of rotatable bonds is 5. The Morgan fingerprint density at radius 2 is 2.35 bits per heavy atom. The monoisotopic (exact) mass is 309 g/mol. The van der Waals surface area contributed by atoms with E-state index in [0.29, 0.717) is 12.4 Å². The van der Waals surface area contributed by atoms with Crippen molar-refractivity contribution < 1.29 is 9.53 Å². The minimum Gasteiger partial charge on any atom is -0.469 e. The maximum atomic E-state index is 11.4. The molecule has 2 heterocycles. The van der Waals surface area contributed by atoms with Crippen molar-refractivity contribution >= 4 is 45.2 Å². The van der Waals surface area contributed by atoms with Gasteiger partial charge in [-0.05, 0) is 29.7 Å². The lowest BCUT2D eigenvalue weighted by Gasteiger charge is -2.13. The first-order valence-electron chi connectivity index (χ1n) is 6.32. The highest BCUT2D eigenvalue weighted by Crippen LogP contribution is 2.52. The van der Waals surface area contributed by atoms with Gasteiger partial charge in [-0.1, -0.05) is 0 Å². The Morgan fingerprint density at radius 3 is 3.05 bits per heavy atom. The predicted octanol–water partition coefficient (Wildman–Crippen LogP) is 2.71. The van der Waals surface area contributed by atoms with E-state index in [4.69, 9.17) is 10.5 Å². The molecule has 2 aromatic rings. The van der Waals surface area contributed by atoms with Gasteiger partial charge in [0.1, 0.15) is 9.86 Å². The standard InChI is InChI=1S/C13H15N3O2S2/c1-18-9(17)6-13(3-4-13)7-20-11-8-2-5-19-10(8)15-12(14)16-11/h2,5H,3-4,6-7H2,1H3,(H2,14,15,16). The molecule has 20 heavy (non-hydrogen) atoms. The summed E-state index contributed by atoms with van der Waals surface area (Å²) in [5, 5.41) is 3.94. The van der Waals surface area contributed by atoms with E-state index in [-0.39, 0.29) is 11.4 Å². The third-order valence-electron chi connectivity index (χ3n) is 3.53. The molecule has 0 amide bonds. The summed E-state index contributed by atoms with van der Waals surface area (Å²) in [6.45, 7) is 0. The van der Waals surface area contributed by atoms with Gasteiger partial charge in [-0.3, -0.25) is 4.79 Å². The molecule has 0 spiro atoms. The van der Waals surface area contributed by atoms with E-state index in [2.05, 4.69) is 9.97 Å². The summed E-state index contributed by atoms with van der Waals surface area (Å²) in [6.07, 6.45) is 2.63. The lowest BCUT2D eigenvalue weighted by atomic mass is 10.1. The van der Waals surface area contributed by atoms with Crippen molar-refractivity contribution in [2.45, 2.75) is 24.3 Å². The van der Waals surface area contributed by atoms with Crippen LogP contribution in [0.3, 0.4) is 0 Å². The first kappa shape index (κ1) is 13.6. The number of hydrogen-bond acceptors (Lipinski definition) is 7. The van der Waals surface area contributed by atoms with Crippen molar-refractivity contribution in [1.82, 2.24) is 9.97 Å². The Hall–Kier alpha value is -1.34. The van der Waals surface area contributed by atoms with E-state index in [9.17, 15) is 4.79 Å². The lowest BCUT2D eigenvalue weighted by molar-refractivity contribution is -0.141. The maximum absolute atomic E-state index is 11.4. The zero-order valence-electron chi connectivity index (χ0n) is 11.1. The summed E-state index contributed by atoms with van der Waals surface area (Å²) in [4.78, 5) is 20.9. The third-order valence-corrected chi connectivity index (χ3v) is 5.67. The van der Waals surface area contributed by atoms with Crippen LogP contribution in [0.1, 0.15) is 19.3 Å². The lowest BCUT2D eigenvalue weighted by Crippen LogP contribution is -2.13. The van der Waals surface area contributed by atoms with Gasteiger partial charge in [0.2, 0.25) is 5.95 Å². The molecule has 0 aromatic carbocycles. The molecule has 2 aromatic heterocycles. The zero-order chi connectivity index (χ0) is 14.2. The Balaban J connectivity index is 1.74. The molecular weight excluding hydrogens is 294 g/mol. The van der Waals surface area contributed by atoms with Crippen LogP contribution in [0, 0.1) is 5.41 Å². The topological polar surface area (TPSA) is 78.1 Å². The van der Waals surface area contributed by atoms with E-state index in [1.165, 1.54) is 7.11 Å². The van der Waals surface area contributed by atoms with Gasteiger partial charge in [-0.25, -0.2) is 9.97 Å². The van der Waals surface area contributed by atoms with Crippen LogP contribution in [0.2, 0.25) is 0 Å². The van der Waals surface area contributed by atoms with E-state index in [0.717, 1.165) is 33.8 Å². The number of ether oxygens (including phenoxy) is 1. The third kappa shape index (κ3) is 2.73. The number of thioether (sulfide) groups is 1. The number of nitrogen functional groups attached to an aromatic ring is 1. The molecule has 0 bridgehead atoms. The summed E-state index contributed by atoms with van der Waals surface area (Å²) >= 11 is 3.22. The van der Waals surface area contributed by atoms with Crippen molar-refractivity contribution in [2.24, 2.45) is 5.41 Å². The molecule has 5 nitrogen and oxygen atoms in total. The molecule has 0 aliphatic heterocycles. The van der Waals surface area contributed by atoms with E-state index >= 15 is 0 Å². The number of aromatic nitrogens is 2. The number of esters is 1. The predicted molar refractivity (Wildman–Crippen MR) is 80.9 cm³/mol. The Kier molecular flexibility index (Phi) is 3.55. The molecule has 106 valence electrons. The summed E-state index contributed by atoms with van der Waals surface area (Å²) in [6, 6.07) is 2.02. The zero-order valence-corrected chi connectivity index (χ0v) is 12.7. The Morgan fingerprint density at radius 1 is 1.55 bits per heavy atom. The fourth-order valence-electron chi connectivity index (χ4n) is 2.10. The van der Waals surface area contributed by atoms with E-state index < -0.39 is 0 Å². The number of carbonyl (C=O) groups is 1. The van der Waals surface area contributed by atoms with E-state index in [1.54, 1.807) is 23.1 Å². The highest BCUT2D eigenvalue weighted by Gasteiger charge is 2.44. The largest absolute Gasteiger partial charge is 0.469 e. The molecular formula is C13H15N3O2S2. The van der Waals surface area contributed by atoms with Crippen LogP contribution >= 0.6 is 23.1 Å². The van der Waals surface area contributed by atoms with Crippen molar-refractivity contribution in [3.63, 3.8) is 0 Å². The SMILES string of the molecule is COC(=O)CC1(CSc2nc(N)nc3sccc23)CC1. The summed E-state index contributed by atoms with van der Waals surface area (Å²) in [5.41, 5.74) is 5.82. The minimum atomic E-state index is -0.133. The van der Waals surface area contributed by atoms with Crippen molar-refractivity contribution in [3.8, 4) is 0 Å². The molecule has 0 unspecified atom stereocenters. The molecule has 0 atom stereocenters. The number of methoxy groups -OCH3 is 1. The number of hydrogen-bond donors (Lipinski definition) is 1. The minimum absolute atomic E-state index is 0.0832. The fraction of sp³-hybridized carbons (Fsp3) is 0.462. The molecule has 0 saturated heterocycles. The molecule has 2 N–H and O–H groups in total. The molecule has 1 aliphatic carbocycles. The van der Waals surface area contributed by atoms with Gasteiger partial charge in [-0.2, -0.15) is 0 Å². The van der Waals surface area contributed by atoms with Crippen LogP contribution in [0.5, 0.6) is 0 Å². The van der Waals surface area contributed by atoms with Crippen LogP contribution in [0.25, 0.3) is 10.2 Å². The highest BCUT2D eigenvalue weighted by atomic mass is 32.2. The summed E-state index contributed by atoms with van der Waals surface area (Å²) < 4.78 is 4.76. The molecule has 1 fully saturated rings. The maximum Gasteiger partial charge on any atom is 0.306 e. The second kappa shape index (κ2) is 5.21. The van der Waals surface area contributed by atoms with Gasteiger partial charge in [-0.15, -0.1) is 23.1 Å². The quantitative estimate of drug-likeness (QED) is 0.520. The van der Waals surface area contributed by atoms with Crippen molar-refractivity contribution in [1.29, 1.82) is 0 Å². The van der Waals surface area contributed by atoms with Gasteiger partial charge in [0.05, 0.1) is 13.5 Å². The number of nitrogens with zero attached hydrogens (tertiary/aromatic N) is 2. The second-order valence-corrected chi connectivity index (χ2v) is 6.93. The first-order valence-corrected chi connectivity index (χ1v) is 8.19. The smallest absolute Gasteiger partial charge is 0.306 e. The number of thiophene rings is 1. The van der Waals surface area contributed by atoms with Gasteiger partial charge in [0.15, 0.2) is 0 Å². The average molecular weight is 309 g/mol. The first-order chi connectivity index (χ1) is 9.62. The van der Waals surface area contributed by atoms with Crippen LogP contribution < -0.4 is 5.73 Å². The Labute approximate surface area is 124 Å². The molecule has 1 saturated carbocycles. The number of carbonyl (C=O) groups excluding carboxylic acids is 1. The summed E-state index contributed by atoms with van der Waals surface area (Å²) in [5.74, 6) is 1.04. The van der Waals surface area contributed by atoms with E-state index in [1.807, 2.05) is 11.4 Å².